The second kappa shape index (κ2) is 20.3. The molecule has 2 unspecified atom stereocenters. The molecule has 4 saturated heterocycles. The number of aromatic nitrogens is 4. The van der Waals surface area contributed by atoms with Crippen molar-refractivity contribution in [3.63, 3.8) is 0 Å². The van der Waals surface area contributed by atoms with Crippen LogP contribution >= 0.6 is 0 Å². The van der Waals surface area contributed by atoms with E-state index in [-0.39, 0.29) is 46.4 Å². The van der Waals surface area contributed by atoms with Gasteiger partial charge in [0.05, 0.1) is 23.0 Å². The van der Waals surface area contributed by atoms with Crippen molar-refractivity contribution >= 4 is 59.7 Å². The monoisotopic (exact) mass is 1020 g/mol. The summed E-state index contributed by atoms with van der Waals surface area (Å²) in [7, 11) is -2.31. The van der Waals surface area contributed by atoms with E-state index in [1.807, 2.05) is 23.1 Å². The predicted octanol–water partition coefficient (Wildman–Crippen LogP) is 12.2. The van der Waals surface area contributed by atoms with Crippen LogP contribution in [-0.4, -0.2) is 123 Å². The topological polar surface area (TPSA) is 164 Å². The first-order valence-electron chi connectivity index (χ1n) is 26.5. The highest BCUT2D eigenvalue weighted by Crippen LogP contribution is 2.47. The van der Waals surface area contributed by atoms with Gasteiger partial charge in [0.2, 0.25) is 0 Å². The normalized spacial score (nSPS) is 22.3. The van der Waals surface area contributed by atoms with Gasteiger partial charge in [0.15, 0.2) is 5.82 Å². The Morgan fingerprint density at radius 3 is 1.95 bits per heavy atom. The van der Waals surface area contributed by atoms with Gasteiger partial charge in [-0.3, -0.25) is 14.8 Å². The number of halogens is 1. The number of piperazine rings is 1. The standard InChI is InChI=1S/C56H77FN8O7Si/c1-15-36-25-56(26-37(16-2)29-63(56)28-36)32-70-50-60-46-42(49(61-50)62-30-40-20-21-41(31-62)64(40)51(66)67)27-58-48(45(46)57)47-44-38(22-23-73(33(3)4,34(5)6)35(7)8)18-17-19-39(44)24-43(59-47)65(52(68)71-54(9,10)11)53(69)72-55(12,13)14/h17-19,24,27,33-37,40-41H,15-16,20-21,25-26,28-32H2,1-14H3,(H,66,67)/t36?,37?,40-,41+,56?. The molecule has 4 atom stereocenters. The van der Waals surface area contributed by atoms with Crippen LogP contribution in [0.4, 0.5) is 30.4 Å². The van der Waals surface area contributed by atoms with Crippen molar-refractivity contribution in [1.29, 1.82) is 0 Å². The minimum Gasteiger partial charge on any atom is -0.465 e. The van der Waals surface area contributed by atoms with Crippen LogP contribution in [0.3, 0.4) is 0 Å². The Labute approximate surface area is 432 Å². The van der Waals surface area contributed by atoms with Crippen molar-refractivity contribution in [3.8, 4) is 28.9 Å². The molecule has 1 N–H and O–H groups in total. The van der Waals surface area contributed by atoms with Crippen LogP contribution in [0.15, 0.2) is 30.5 Å². The van der Waals surface area contributed by atoms with Crippen molar-refractivity contribution in [3.05, 3.63) is 41.8 Å². The Hall–Kier alpha value is -5.60. The van der Waals surface area contributed by atoms with Crippen LogP contribution in [0.2, 0.25) is 16.6 Å². The lowest BCUT2D eigenvalue weighted by Crippen LogP contribution is -2.55. The number of nitrogens with zero attached hydrogens (tertiary/aromatic N) is 8. The first-order chi connectivity index (χ1) is 34.3. The highest BCUT2D eigenvalue weighted by molar-refractivity contribution is 6.90. The molecule has 73 heavy (non-hydrogen) atoms. The van der Waals surface area contributed by atoms with Gasteiger partial charge in [-0.15, -0.1) is 5.54 Å². The summed E-state index contributed by atoms with van der Waals surface area (Å²) in [6.45, 7) is 31.1. The Morgan fingerprint density at radius 2 is 1.42 bits per heavy atom. The molecular formula is C56H77FN8O7Si. The van der Waals surface area contributed by atoms with Crippen LogP contribution < -0.4 is 14.5 Å². The summed E-state index contributed by atoms with van der Waals surface area (Å²) in [6.07, 6.45) is 4.03. The molecule has 0 spiro atoms. The molecule has 17 heteroatoms. The summed E-state index contributed by atoms with van der Waals surface area (Å²) in [5.41, 5.74) is 2.94. The lowest BCUT2D eigenvalue weighted by Gasteiger charge is -2.40. The maximum Gasteiger partial charge on any atom is 0.425 e. The number of hydrogen-bond donors (Lipinski definition) is 1. The van der Waals surface area contributed by atoms with Crippen LogP contribution in [0.5, 0.6) is 6.01 Å². The summed E-state index contributed by atoms with van der Waals surface area (Å²) in [5, 5.41) is 11.5. The molecule has 0 saturated carbocycles. The molecule has 0 aliphatic carbocycles. The predicted molar refractivity (Wildman–Crippen MR) is 286 cm³/mol. The number of fused-ring (bicyclic) bond motifs is 5. The van der Waals surface area contributed by atoms with Gasteiger partial charge in [0, 0.05) is 43.3 Å². The number of ether oxygens (including phenoxy) is 3. The maximum atomic E-state index is 18.4. The first kappa shape index (κ1) is 53.7. The highest BCUT2D eigenvalue weighted by Gasteiger charge is 2.52. The lowest BCUT2D eigenvalue weighted by atomic mass is 9.86. The molecule has 2 bridgehead atoms. The summed E-state index contributed by atoms with van der Waals surface area (Å²) in [5.74, 6) is 4.08. The fraction of sp³-hybridized carbons (Fsp3) is 0.625. The van der Waals surface area contributed by atoms with Gasteiger partial charge in [-0.1, -0.05) is 86.3 Å². The Balaban J connectivity index is 1.36. The Morgan fingerprint density at radius 1 is 0.849 bits per heavy atom. The quantitative estimate of drug-likeness (QED) is 0.112. The summed E-state index contributed by atoms with van der Waals surface area (Å²) in [6, 6.07) is 6.60. The van der Waals surface area contributed by atoms with Crippen LogP contribution in [0.25, 0.3) is 33.1 Å². The van der Waals surface area contributed by atoms with Gasteiger partial charge < -0.3 is 24.2 Å². The average molecular weight is 1020 g/mol. The molecule has 4 aromatic rings. The van der Waals surface area contributed by atoms with Crippen LogP contribution in [0.1, 0.15) is 141 Å². The van der Waals surface area contributed by atoms with E-state index in [2.05, 4.69) is 71.8 Å². The van der Waals surface area contributed by atoms with Gasteiger partial charge in [-0.05, 0) is 113 Å². The summed E-state index contributed by atoms with van der Waals surface area (Å²) < 4.78 is 36.7. The molecule has 15 nitrogen and oxygen atoms in total. The van der Waals surface area contributed by atoms with E-state index >= 15 is 4.39 Å². The zero-order valence-corrected chi connectivity index (χ0v) is 46.6. The minimum atomic E-state index is -2.31. The van der Waals surface area contributed by atoms with E-state index in [1.165, 1.54) is 11.1 Å². The fourth-order valence-electron chi connectivity index (χ4n) is 12.6. The fourth-order valence-corrected chi connectivity index (χ4v) is 17.9. The molecule has 1 aromatic carbocycles. The van der Waals surface area contributed by atoms with E-state index in [0.717, 1.165) is 43.7 Å². The van der Waals surface area contributed by atoms with Gasteiger partial charge in [0.25, 0.3) is 0 Å². The summed E-state index contributed by atoms with van der Waals surface area (Å²) in [4.78, 5) is 67.5. The number of rotatable bonds is 11. The Kier molecular flexibility index (Phi) is 14.9. The number of hydrogen-bond acceptors (Lipinski definition) is 12. The number of amides is 3. The number of carboxylic acid groups (broad SMARTS) is 1. The second-order valence-corrected chi connectivity index (χ2v) is 29.6. The van der Waals surface area contributed by atoms with E-state index in [1.54, 1.807) is 47.6 Å². The number of imide groups is 1. The summed E-state index contributed by atoms with van der Waals surface area (Å²) >= 11 is 0. The molecule has 3 amide bonds. The third-order valence-electron chi connectivity index (χ3n) is 16.0. The maximum absolute atomic E-state index is 18.4. The van der Waals surface area contributed by atoms with Gasteiger partial charge >= 0.3 is 24.3 Å². The van der Waals surface area contributed by atoms with Crippen molar-refractivity contribution < 1.29 is 38.1 Å². The van der Waals surface area contributed by atoms with Gasteiger partial charge in [-0.2, -0.15) is 14.9 Å². The number of pyridine rings is 2. The molecular weight excluding hydrogens is 944 g/mol. The minimum absolute atomic E-state index is 0.0114. The zero-order valence-electron chi connectivity index (χ0n) is 45.6. The number of anilines is 2. The largest absolute Gasteiger partial charge is 0.465 e. The first-order valence-corrected chi connectivity index (χ1v) is 28.8. The van der Waals surface area contributed by atoms with Crippen LogP contribution in [-0.2, 0) is 9.47 Å². The van der Waals surface area contributed by atoms with Gasteiger partial charge in [0.1, 0.15) is 54.4 Å². The van der Waals surface area contributed by atoms with Crippen molar-refractivity contribution in [2.75, 3.05) is 42.6 Å². The zero-order chi connectivity index (χ0) is 53.1. The van der Waals surface area contributed by atoms with Crippen molar-refractivity contribution in [2.45, 2.75) is 181 Å². The third-order valence-corrected chi connectivity index (χ3v) is 22.3. The lowest BCUT2D eigenvalue weighted by molar-refractivity contribution is 0.0428. The van der Waals surface area contributed by atoms with E-state index < -0.39 is 43.4 Å². The third kappa shape index (κ3) is 10.4. The molecule has 4 fully saturated rings. The van der Waals surface area contributed by atoms with E-state index in [9.17, 15) is 19.5 Å². The number of carbonyl (C=O) groups excluding carboxylic acids is 2. The molecule has 0 radical (unpaired) electrons. The Bertz CT molecular complexity index is 2750. The average Bonchev–Trinajstić information content (AvgIpc) is 3.91. The number of carbonyl (C=O) groups is 3. The van der Waals surface area contributed by atoms with E-state index in [4.69, 9.17) is 34.1 Å². The molecule has 4 aliphatic rings. The highest BCUT2D eigenvalue weighted by atomic mass is 28.3. The van der Waals surface area contributed by atoms with E-state index in [0.29, 0.717) is 88.5 Å². The molecule has 7 heterocycles. The van der Waals surface area contributed by atoms with Crippen molar-refractivity contribution in [1.82, 2.24) is 29.7 Å². The molecule has 3 aromatic heterocycles. The van der Waals surface area contributed by atoms with Gasteiger partial charge in [-0.25, -0.2) is 23.8 Å². The molecule has 8 rings (SSSR count). The molecule has 4 aliphatic heterocycles. The number of benzene rings is 1. The molecule has 394 valence electrons. The second-order valence-electron chi connectivity index (χ2n) is 24.0. The van der Waals surface area contributed by atoms with Crippen molar-refractivity contribution in [2.24, 2.45) is 11.8 Å². The van der Waals surface area contributed by atoms with Crippen LogP contribution in [0, 0.1) is 29.1 Å². The SMILES string of the molecule is CCC1CN2CC(CC)CC2(COc2nc(N3C[C@H]4CC[C@@H](C3)N4C(=O)O)c3cnc(-c4nc(N(C(=O)OC(C)(C)C)C(=O)OC(C)(C)C)cc5cccc(C#C[Si](C(C)C)(C(C)C)C(C)C)c45)c(F)c3n2)C1. The smallest absolute Gasteiger partial charge is 0.425 e.